The molecule has 0 saturated heterocycles. The second-order valence-corrected chi connectivity index (χ2v) is 7.17. The molecule has 8 nitrogen and oxygen atoms in total. The fourth-order valence-corrected chi connectivity index (χ4v) is 2.33. The lowest BCUT2D eigenvalue weighted by molar-refractivity contribution is -0.130. The van der Waals surface area contributed by atoms with Gasteiger partial charge in [-0.25, -0.2) is 4.79 Å². The van der Waals surface area contributed by atoms with Crippen molar-refractivity contribution < 1.29 is 14.3 Å². The fraction of sp³-hybridized carbons (Fsp3) is 0.550. The zero-order valence-corrected chi connectivity index (χ0v) is 20.3. The minimum Gasteiger partial charge on any atom is -0.444 e. The summed E-state index contributed by atoms with van der Waals surface area (Å²) in [5.41, 5.74) is 0.564. The van der Waals surface area contributed by atoms with Crippen LogP contribution in [0.3, 0.4) is 0 Å². The monoisotopic (exact) mass is 519 g/mol. The van der Waals surface area contributed by atoms with Gasteiger partial charge in [-0.3, -0.25) is 9.79 Å². The molecular weight excluding hydrogens is 485 g/mol. The molecule has 0 radical (unpaired) electrons. The summed E-state index contributed by atoms with van der Waals surface area (Å²) in [4.78, 5) is 29.9. The lowest BCUT2D eigenvalue weighted by Crippen LogP contribution is -2.46. The normalized spacial score (nSPS) is 11.1. The van der Waals surface area contributed by atoms with Crippen molar-refractivity contribution in [2.45, 2.75) is 39.8 Å². The van der Waals surface area contributed by atoms with E-state index in [2.05, 4.69) is 20.9 Å². The number of halogens is 1. The SMILES string of the molecule is CCN(Cc1ccccc1)C(=O)CNC(=NC)NCCNC(=O)OC(C)(C)C.I. The van der Waals surface area contributed by atoms with Crippen LogP contribution in [-0.4, -0.2) is 61.7 Å². The molecule has 3 N–H and O–H groups in total. The minimum atomic E-state index is -0.527. The van der Waals surface area contributed by atoms with Crippen molar-refractivity contribution in [3.63, 3.8) is 0 Å². The molecule has 0 aliphatic carbocycles. The Bertz CT molecular complexity index is 647. The molecule has 1 aromatic rings. The maximum Gasteiger partial charge on any atom is 0.407 e. The van der Waals surface area contributed by atoms with E-state index in [-0.39, 0.29) is 36.4 Å². The third-order valence-corrected chi connectivity index (χ3v) is 3.67. The molecule has 29 heavy (non-hydrogen) atoms. The Hall–Kier alpha value is -2.04. The number of aliphatic imine (C=N–C) groups is 1. The Kier molecular flexibility index (Phi) is 13.0. The molecule has 0 bridgehead atoms. The topological polar surface area (TPSA) is 95.1 Å². The van der Waals surface area contributed by atoms with E-state index in [1.54, 1.807) is 11.9 Å². The molecule has 0 unspecified atom stereocenters. The van der Waals surface area contributed by atoms with Gasteiger partial charge in [0.2, 0.25) is 5.91 Å². The van der Waals surface area contributed by atoms with Crippen molar-refractivity contribution >= 4 is 41.9 Å². The number of nitrogens with zero attached hydrogens (tertiary/aromatic N) is 2. The smallest absolute Gasteiger partial charge is 0.407 e. The summed E-state index contributed by atoms with van der Waals surface area (Å²) in [6.07, 6.45) is -0.466. The van der Waals surface area contributed by atoms with E-state index in [0.29, 0.717) is 32.1 Å². The molecule has 0 aliphatic rings. The molecule has 0 aliphatic heterocycles. The van der Waals surface area contributed by atoms with Gasteiger partial charge in [0.05, 0.1) is 6.54 Å². The second-order valence-electron chi connectivity index (χ2n) is 7.17. The molecule has 1 aromatic carbocycles. The van der Waals surface area contributed by atoms with Crippen LogP contribution in [0.25, 0.3) is 0 Å². The van der Waals surface area contributed by atoms with Gasteiger partial charge in [-0.2, -0.15) is 0 Å². The molecule has 0 fully saturated rings. The number of hydrogen-bond donors (Lipinski definition) is 3. The molecule has 0 spiro atoms. The average Bonchev–Trinajstić information content (AvgIpc) is 2.64. The standard InChI is InChI=1S/C20H33N5O3.HI/c1-6-25(15-16-10-8-7-9-11-16)17(26)14-24-18(21-5)22-12-13-23-19(27)28-20(2,3)4;/h7-11H,6,12-15H2,1-5H3,(H,23,27)(H2,21,22,24);1H. The van der Waals surface area contributed by atoms with Crippen molar-refractivity contribution in [1.82, 2.24) is 20.9 Å². The Morgan fingerprint density at radius 2 is 1.69 bits per heavy atom. The summed E-state index contributed by atoms with van der Waals surface area (Å²) in [5.74, 6) is 0.483. The van der Waals surface area contributed by atoms with Crippen molar-refractivity contribution in [3.8, 4) is 0 Å². The first kappa shape index (κ1) is 27.0. The Balaban J connectivity index is 0.00000784. The van der Waals surface area contributed by atoms with E-state index in [9.17, 15) is 9.59 Å². The molecule has 1 rings (SSSR count). The van der Waals surface area contributed by atoms with Gasteiger partial charge in [0.15, 0.2) is 5.96 Å². The van der Waals surface area contributed by atoms with Crippen molar-refractivity contribution in [2.75, 3.05) is 33.2 Å². The number of ether oxygens (including phenoxy) is 1. The third kappa shape index (κ3) is 12.2. The summed E-state index contributed by atoms with van der Waals surface area (Å²) in [5, 5.41) is 8.70. The van der Waals surface area contributed by atoms with E-state index in [1.165, 1.54) is 0 Å². The maximum absolute atomic E-state index is 12.5. The van der Waals surface area contributed by atoms with Crippen LogP contribution in [0.5, 0.6) is 0 Å². The van der Waals surface area contributed by atoms with Crippen LogP contribution in [-0.2, 0) is 16.1 Å². The average molecular weight is 519 g/mol. The number of alkyl carbamates (subject to hydrolysis) is 1. The number of benzene rings is 1. The third-order valence-electron chi connectivity index (χ3n) is 3.67. The zero-order chi connectivity index (χ0) is 21.0. The summed E-state index contributed by atoms with van der Waals surface area (Å²) >= 11 is 0. The zero-order valence-electron chi connectivity index (χ0n) is 17.9. The molecule has 164 valence electrons. The number of carbonyl (C=O) groups excluding carboxylic acids is 2. The highest BCUT2D eigenvalue weighted by molar-refractivity contribution is 14.0. The van der Waals surface area contributed by atoms with E-state index in [1.807, 2.05) is 58.0 Å². The van der Waals surface area contributed by atoms with Crippen LogP contribution < -0.4 is 16.0 Å². The summed E-state index contributed by atoms with van der Waals surface area (Å²) in [6, 6.07) is 9.88. The lowest BCUT2D eigenvalue weighted by Gasteiger charge is -2.22. The number of carbonyl (C=O) groups is 2. The lowest BCUT2D eigenvalue weighted by atomic mass is 10.2. The van der Waals surface area contributed by atoms with Crippen molar-refractivity contribution in [1.29, 1.82) is 0 Å². The summed E-state index contributed by atoms with van der Waals surface area (Å²) in [7, 11) is 1.63. The fourth-order valence-electron chi connectivity index (χ4n) is 2.33. The van der Waals surface area contributed by atoms with Gasteiger partial charge in [-0.1, -0.05) is 30.3 Å². The van der Waals surface area contributed by atoms with Crippen LogP contribution in [0.4, 0.5) is 4.79 Å². The van der Waals surface area contributed by atoms with Crippen LogP contribution in [0, 0.1) is 0 Å². The Morgan fingerprint density at radius 3 is 2.24 bits per heavy atom. The predicted molar refractivity (Wildman–Crippen MR) is 127 cm³/mol. The number of rotatable bonds is 8. The predicted octanol–water partition coefficient (Wildman–Crippen LogP) is 2.34. The Morgan fingerprint density at radius 1 is 1.07 bits per heavy atom. The molecule has 0 heterocycles. The first-order chi connectivity index (χ1) is 13.2. The second kappa shape index (κ2) is 14.0. The van der Waals surface area contributed by atoms with Crippen molar-refractivity contribution in [3.05, 3.63) is 35.9 Å². The number of hydrogen-bond acceptors (Lipinski definition) is 4. The van der Waals surface area contributed by atoms with Gasteiger partial charge in [-0.15, -0.1) is 24.0 Å². The van der Waals surface area contributed by atoms with Crippen LogP contribution in [0.15, 0.2) is 35.3 Å². The van der Waals surface area contributed by atoms with E-state index >= 15 is 0 Å². The molecule has 2 amide bonds. The highest BCUT2D eigenvalue weighted by Gasteiger charge is 2.15. The van der Waals surface area contributed by atoms with Gasteiger partial charge < -0.3 is 25.6 Å². The van der Waals surface area contributed by atoms with Crippen LogP contribution in [0.1, 0.15) is 33.3 Å². The van der Waals surface area contributed by atoms with E-state index < -0.39 is 11.7 Å². The number of amides is 2. The minimum absolute atomic E-state index is 0. The van der Waals surface area contributed by atoms with E-state index in [0.717, 1.165) is 5.56 Å². The molecular formula is C20H34IN5O3. The molecule has 0 atom stereocenters. The maximum atomic E-state index is 12.5. The number of guanidine groups is 1. The van der Waals surface area contributed by atoms with Gasteiger partial charge in [0.25, 0.3) is 0 Å². The van der Waals surface area contributed by atoms with Crippen LogP contribution in [0.2, 0.25) is 0 Å². The van der Waals surface area contributed by atoms with Gasteiger partial charge in [-0.05, 0) is 33.3 Å². The Labute approximate surface area is 190 Å². The number of likely N-dealkylation sites (N-methyl/N-ethyl adjacent to an activating group) is 1. The van der Waals surface area contributed by atoms with E-state index in [4.69, 9.17) is 4.74 Å². The largest absolute Gasteiger partial charge is 0.444 e. The van der Waals surface area contributed by atoms with Crippen molar-refractivity contribution in [2.24, 2.45) is 4.99 Å². The molecule has 0 saturated carbocycles. The number of nitrogens with one attached hydrogen (secondary N) is 3. The van der Waals surface area contributed by atoms with Gasteiger partial charge in [0.1, 0.15) is 5.60 Å². The highest BCUT2D eigenvalue weighted by atomic mass is 127. The van der Waals surface area contributed by atoms with Crippen LogP contribution >= 0.6 is 24.0 Å². The summed E-state index contributed by atoms with van der Waals surface area (Å²) < 4.78 is 5.16. The van der Waals surface area contributed by atoms with Gasteiger partial charge >= 0.3 is 6.09 Å². The summed E-state index contributed by atoms with van der Waals surface area (Å²) in [6.45, 7) is 9.55. The molecule has 9 heteroatoms. The first-order valence-electron chi connectivity index (χ1n) is 9.48. The quantitative estimate of drug-likeness (QED) is 0.212. The first-order valence-corrected chi connectivity index (χ1v) is 9.48. The molecule has 0 aromatic heterocycles. The highest BCUT2D eigenvalue weighted by Crippen LogP contribution is 2.06. The van der Waals surface area contributed by atoms with Gasteiger partial charge in [0, 0.05) is 33.2 Å².